The number of carboxylic acid groups (broad SMARTS) is 1. The highest BCUT2D eigenvalue weighted by molar-refractivity contribution is 6.10. The van der Waals surface area contributed by atoms with Gasteiger partial charge in [-0.25, -0.2) is 4.79 Å². The zero-order valence-corrected chi connectivity index (χ0v) is 19.2. The van der Waals surface area contributed by atoms with Gasteiger partial charge in [0.05, 0.1) is 16.6 Å². The van der Waals surface area contributed by atoms with Crippen LogP contribution in [0.1, 0.15) is 36.8 Å². The molecule has 1 N–H and O–H groups in total. The van der Waals surface area contributed by atoms with Crippen molar-refractivity contribution in [2.75, 3.05) is 33.2 Å². The van der Waals surface area contributed by atoms with E-state index in [-0.39, 0.29) is 11.9 Å². The first kappa shape index (κ1) is 24.6. The molecule has 0 spiro atoms. The van der Waals surface area contributed by atoms with E-state index in [2.05, 4.69) is 72.3 Å². The van der Waals surface area contributed by atoms with Crippen molar-refractivity contribution in [3.63, 3.8) is 0 Å². The van der Waals surface area contributed by atoms with Crippen molar-refractivity contribution >= 4 is 33.8 Å². The van der Waals surface area contributed by atoms with E-state index >= 15 is 0 Å². The maximum atomic E-state index is 13.4. The highest BCUT2D eigenvalue weighted by atomic mass is 19.4. The molecule has 2 aromatic heterocycles. The molecule has 4 rings (SSSR count). The molecular formula is C23H29F3N4O3. The summed E-state index contributed by atoms with van der Waals surface area (Å²) in [5.41, 5.74) is 4.33. The lowest BCUT2D eigenvalue weighted by Crippen LogP contribution is -2.35. The minimum atomic E-state index is -5.08. The van der Waals surface area contributed by atoms with Gasteiger partial charge in [0.15, 0.2) is 0 Å². The number of aromatic nitrogens is 2. The number of aliphatic carboxylic acids is 1. The van der Waals surface area contributed by atoms with E-state index in [1.807, 2.05) is 4.90 Å². The van der Waals surface area contributed by atoms with E-state index in [9.17, 15) is 18.0 Å². The summed E-state index contributed by atoms with van der Waals surface area (Å²) in [5.74, 6) is -2.60. The van der Waals surface area contributed by atoms with E-state index in [4.69, 9.17) is 9.90 Å². The van der Waals surface area contributed by atoms with Crippen molar-refractivity contribution in [1.29, 1.82) is 0 Å². The third-order valence-corrected chi connectivity index (χ3v) is 5.88. The molecule has 0 aliphatic carbocycles. The molecule has 0 bridgehead atoms. The standard InChI is InChI=1S/C21H28N4O.C2HF3O2/c1-15(2)25-19(21(26)24-11-7-10-22(3)12-13-24)14-18-20(25)16-8-5-6-9-17(16)23(18)4;3-2(4,5)1(6)7/h5-6,8-9,14-15H,7,10-13H2,1-4H3;(H,6,7). The van der Waals surface area contributed by atoms with Gasteiger partial charge in [-0.1, -0.05) is 18.2 Å². The number of para-hydroxylation sites is 1. The van der Waals surface area contributed by atoms with Crippen molar-refractivity contribution in [2.24, 2.45) is 7.05 Å². The molecule has 0 radical (unpaired) electrons. The van der Waals surface area contributed by atoms with Gasteiger partial charge in [0, 0.05) is 38.1 Å². The summed E-state index contributed by atoms with van der Waals surface area (Å²) in [5, 5.41) is 8.34. The molecular weight excluding hydrogens is 437 g/mol. The fraction of sp³-hybridized carbons (Fsp3) is 0.478. The average molecular weight is 467 g/mol. The fourth-order valence-corrected chi connectivity index (χ4v) is 4.24. The van der Waals surface area contributed by atoms with Gasteiger partial charge in [-0.3, -0.25) is 4.79 Å². The maximum Gasteiger partial charge on any atom is 0.490 e. The Morgan fingerprint density at radius 3 is 2.24 bits per heavy atom. The van der Waals surface area contributed by atoms with E-state index in [0.29, 0.717) is 0 Å². The second-order valence-electron chi connectivity index (χ2n) is 8.56. The first-order valence-corrected chi connectivity index (χ1v) is 10.8. The third kappa shape index (κ3) is 5.00. The number of halogens is 3. The van der Waals surface area contributed by atoms with Crippen LogP contribution in [0.5, 0.6) is 0 Å². The summed E-state index contributed by atoms with van der Waals surface area (Å²) in [6.45, 7) is 7.96. The smallest absolute Gasteiger partial charge is 0.475 e. The maximum absolute atomic E-state index is 13.4. The third-order valence-electron chi connectivity index (χ3n) is 5.88. The molecule has 1 aliphatic rings. The molecule has 10 heteroatoms. The zero-order valence-electron chi connectivity index (χ0n) is 19.2. The van der Waals surface area contributed by atoms with Gasteiger partial charge in [-0.2, -0.15) is 13.2 Å². The number of carbonyl (C=O) groups excluding carboxylic acids is 1. The summed E-state index contributed by atoms with van der Waals surface area (Å²) < 4.78 is 36.2. The number of benzene rings is 1. The van der Waals surface area contributed by atoms with E-state index in [1.165, 1.54) is 16.4 Å². The number of carbonyl (C=O) groups is 2. The SMILES string of the molecule is CC(C)n1c(C(=O)N2CCCN(C)CC2)cc2c1c1ccccc1n2C.O=C(O)C(F)(F)F. The molecule has 3 heterocycles. The topological polar surface area (TPSA) is 70.7 Å². The van der Waals surface area contributed by atoms with Crippen molar-refractivity contribution in [3.05, 3.63) is 36.0 Å². The van der Waals surface area contributed by atoms with Crippen LogP contribution in [-0.4, -0.2) is 75.3 Å². The molecule has 1 amide bonds. The first-order chi connectivity index (χ1) is 15.4. The first-order valence-electron chi connectivity index (χ1n) is 10.8. The summed E-state index contributed by atoms with van der Waals surface area (Å²) >= 11 is 0. The molecule has 180 valence electrons. The van der Waals surface area contributed by atoms with Crippen LogP contribution in [0.15, 0.2) is 30.3 Å². The number of alkyl halides is 3. The van der Waals surface area contributed by atoms with Gasteiger partial charge in [0.1, 0.15) is 5.69 Å². The number of hydrogen-bond acceptors (Lipinski definition) is 3. The second-order valence-corrected chi connectivity index (χ2v) is 8.56. The number of rotatable bonds is 2. The summed E-state index contributed by atoms with van der Waals surface area (Å²) in [6.07, 6.45) is -4.05. The number of amides is 1. The second kappa shape index (κ2) is 9.46. The Morgan fingerprint density at radius 2 is 1.64 bits per heavy atom. The van der Waals surface area contributed by atoms with Crippen molar-refractivity contribution < 1.29 is 27.9 Å². The number of likely N-dealkylation sites (N-methyl/N-ethyl adjacent to an activating group) is 1. The Hall–Kier alpha value is -3.01. The number of aryl methyl sites for hydroxylation is 1. The molecule has 7 nitrogen and oxygen atoms in total. The zero-order chi connectivity index (χ0) is 24.5. The van der Waals surface area contributed by atoms with E-state index in [1.54, 1.807) is 0 Å². The monoisotopic (exact) mass is 466 g/mol. The molecule has 33 heavy (non-hydrogen) atoms. The predicted octanol–water partition coefficient (Wildman–Crippen LogP) is 4.12. The predicted molar refractivity (Wildman–Crippen MR) is 121 cm³/mol. The fourth-order valence-electron chi connectivity index (χ4n) is 4.24. The van der Waals surface area contributed by atoms with Gasteiger partial charge in [0.2, 0.25) is 0 Å². The van der Waals surface area contributed by atoms with Crippen molar-refractivity contribution in [3.8, 4) is 0 Å². The van der Waals surface area contributed by atoms with Crippen LogP contribution in [0.3, 0.4) is 0 Å². The van der Waals surface area contributed by atoms with Gasteiger partial charge in [-0.05, 0) is 46.0 Å². The van der Waals surface area contributed by atoms with Gasteiger partial charge < -0.3 is 24.0 Å². The van der Waals surface area contributed by atoms with Crippen LogP contribution in [0.25, 0.3) is 21.9 Å². The Labute approximate surface area is 190 Å². The molecule has 0 unspecified atom stereocenters. The molecule has 1 fully saturated rings. The Morgan fingerprint density at radius 1 is 1.00 bits per heavy atom. The number of nitrogens with zero attached hydrogens (tertiary/aromatic N) is 4. The van der Waals surface area contributed by atoms with Gasteiger partial charge >= 0.3 is 12.1 Å². The van der Waals surface area contributed by atoms with Crippen molar-refractivity contribution in [2.45, 2.75) is 32.5 Å². The van der Waals surface area contributed by atoms with Crippen LogP contribution < -0.4 is 0 Å². The van der Waals surface area contributed by atoms with Gasteiger partial charge in [0.25, 0.3) is 5.91 Å². The number of carboxylic acids is 1. The molecule has 1 aromatic carbocycles. The van der Waals surface area contributed by atoms with Crippen LogP contribution in [0.4, 0.5) is 13.2 Å². The molecule has 1 aliphatic heterocycles. The molecule has 0 atom stereocenters. The minimum Gasteiger partial charge on any atom is -0.475 e. The van der Waals surface area contributed by atoms with E-state index in [0.717, 1.165) is 43.8 Å². The van der Waals surface area contributed by atoms with Crippen LogP contribution in [-0.2, 0) is 11.8 Å². The molecule has 3 aromatic rings. The van der Waals surface area contributed by atoms with Gasteiger partial charge in [-0.15, -0.1) is 0 Å². The summed E-state index contributed by atoms with van der Waals surface area (Å²) in [7, 11) is 4.22. The largest absolute Gasteiger partial charge is 0.490 e. The highest BCUT2D eigenvalue weighted by Gasteiger charge is 2.38. The lowest BCUT2D eigenvalue weighted by atomic mass is 10.2. The average Bonchev–Trinajstić information content (AvgIpc) is 3.17. The normalized spacial score (nSPS) is 15.6. The Bertz CT molecular complexity index is 1160. The van der Waals surface area contributed by atoms with E-state index < -0.39 is 12.1 Å². The van der Waals surface area contributed by atoms with Crippen LogP contribution >= 0.6 is 0 Å². The summed E-state index contributed by atoms with van der Waals surface area (Å²) in [4.78, 5) is 26.6. The lowest BCUT2D eigenvalue weighted by Gasteiger charge is -2.23. The van der Waals surface area contributed by atoms with Crippen molar-refractivity contribution in [1.82, 2.24) is 18.9 Å². The Balaban J connectivity index is 0.000000383. The molecule has 1 saturated heterocycles. The minimum absolute atomic E-state index is 0.161. The quantitative estimate of drug-likeness (QED) is 0.617. The number of fused-ring (bicyclic) bond motifs is 3. The Kier molecular flexibility index (Phi) is 7.06. The highest BCUT2D eigenvalue weighted by Crippen LogP contribution is 2.33. The lowest BCUT2D eigenvalue weighted by molar-refractivity contribution is -0.192. The van der Waals surface area contributed by atoms with Crippen LogP contribution in [0, 0.1) is 0 Å². The molecule has 0 saturated carbocycles. The number of hydrogen-bond donors (Lipinski definition) is 1. The summed E-state index contributed by atoms with van der Waals surface area (Å²) in [6, 6.07) is 10.8. The van der Waals surface area contributed by atoms with Crippen LogP contribution in [0.2, 0.25) is 0 Å².